The standard InChI is InChI=1S/C13H9Cl2NO3/c14-11-3-1-8(13(17)18)5-9(11)7-19-10-2-4-12(15)16-6-10/h1-6H,7H2,(H,17,18). The molecule has 0 spiro atoms. The van der Waals surface area contributed by atoms with Gasteiger partial charge in [0, 0.05) is 10.6 Å². The van der Waals surface area contributed by atoms with E-state index in [2.05, 4.69) is 4.98 Å². The molecule has 0 bridgehead atoms. The van der Waals surface area contributed by atoms with Crippen molar-refractivity contribution in [3.8, 4) is 5.75 Å². The van der Waals surface area contributed by atoms with Gasteiger partial charge in [-0.25, -0.2) is 9.78 Å². The van der Waals surface area contributed by atoms with Gasteiger partial charge in [0.05, 0.1) is 11.8 Å². The van der Waals surface area contributed by atoms with Crippen LogP contribution in [0.4, 0.5) is 0 Å². The highest BCUT2D eigenvalue weighted by Gasteiger charge is 2.08. The van der Waals surface area contributed by atoms with Gasteiger partial charge in [0.1, 0.15) is 17.5 Å². The van der Waals surface area contributed by atoms with Crippen molar-refractivity contribution in [3.05, 3.63) is 57.8 Å². The zero-order valence-corrected chi connectivity index (χ0v) is 11.1. The summed E-state index contributed by atoms with van der Waals surface area (Å²) in [6.07, 6.45) is 1.48. The summed E-state index contributed by atoms with van der Waals surface area (Å²) in [7, 11) is 0. The molecule has 98 valence electrons. The van der Waals surface area contributed by atoms with E-state index in [9.17, 15) is 4.79 Å². The number of hydrogen-bond acceptors (Lipinski definition) is 3. The molecule has 0 fully saturated rings. The minimum Gasteiger partial charge on any atom is -0.487 e. The molecular weight excluding hydrogens is 289 g/mol. The topological polar surface area (TPSA) is 59.4 Å². The predicted molar refractivity (Wildman–Crippen MR) is 72.0 cm³/mol. The van der Waals surface area contributed by atoms with Crippen LogP contribution in [0.15, 0.2) is 36.5 Å². The third-order valence-electron chi connectivity index (χ3n) is 2.39. The molecule has 6 heteroatoms. The normalized spacial score (nSPS) is 10.2. The van der Waals surface area contributed by atoms with E-state index in [1.165, 1.54) is 24.4 Å². The average molecular weight is 298 g/mol. The number of ether oxygens (including phenoxy) is 1. The Morgan fingerprint density at radius 3 is 2.68 bits per heavy atom. The summed E-state index contributed by atoms with van der Waals surface area (Å²) in [6.45, 7) is 0.156. The Hall–Kier alpha value is -1.78. The highest BCUT2D eigenvalue weighted by molar-refractivity contribution is 6.31. The molecule has 0 aliphatic heterocycles. The van der Waals surface area contributed by atoms with Crippen LogP contribution in [0.3, 0.4) is 0 Å². The van der Waals surface area contributed by atoms with Crippen molar-refractivity contribution in [2.75, 3.05) is 0 Å². The number of halogens is 2. The number of benzene rings is 1. The third kappa shape index (κ3) is 3.59. The van der Waals surface area contributed by atoms with Crippen molar-refractivity contribution in [3.63, 3.8) is 0 Å². The molecule has 0 saturated heterocycles. The van der Waals surface area contributed by atoms with Crippen molar-refractivity contribution < 1.29 is 14.6 Å². The van der Waals surface area contributed by atoms with Crippen LogP contribution in [0.2, 0.25) is 10.2 Å². The predicted octanol–water partition coefficient (Wildman–Crippen LogP) is 3.67. The molecule has 1 aromatic carbocycles. The van der Waals surface area contributed by atoms with Gasteiger partial charge in [0.15, 0.2) is 0 Å². The van der Waals surface area contributed by atoms with Gasteiger partial charge in [-0.05, 0) is 30.3 Å². The lowest BCUT2D eigenvalue weighted by Gasteiger charge is -2.08. The van der Waals surface area contributed by atoms with Crippen LogP contribution in [-0.2, 0) is 6.61 Å². The molecular formula is C13H9Cl2NO3. The van der Waals surface area contributed by atoms with Gasteiger partial charge in [-0.15, -0.1) is 0 Å². The Kier molecular flexibility index (Phi) is 4.24. The Labute approximate surface area is 119 Å². The summed E-state index contributed by atoms with van der Waals surface area (Å²) in [6, 6.07) is 7.73. The fourth-order valence-corrected chi connectivity index (χ4v) is 1.71. The van der Waals surface area contributed by atoms with Crippen LogP contribution in [-0.4, -0.2) is 16.1 Å². The minimum absolute atomic E-state index is 0.156. The number of nitrogens with zero attached hydrogens (tertiary/aromatic N) is 1. The second-order valence-electron chi connectivity index (χ2n) is 3.72. The first kappa shape index (κ1) is 13.6. The zero-order chi connectivity index (χ0) is 13.8. The Balaban J connectivity index is 2.12. The number of carboxylic acid groups (broad SMARTS) is 1. The molecule has 0 aliphatic carbocycles. The maximum Gasteiger partial charge on any atom is 0.335 e. The Morgan fingerprint density at radius 1 is 1.26 bits per heavy atom. The van der Waals surface area contributed by atoms with E-state index in [1.54, 1.807) is 12.1 Å². The molecule has 2 rings (SSSR count). The van der Waals surface area contributed by atoms with E-state index in [1.807, 2.05) is 0 Å². The molecule has 0 amide bonds. The van der Waals surface area contributed by atoms with E-state index in [4.69, 9.17) is 33.0 Å². The number of rotatable bonds is 4. The highest BCUT2D eigenvalue weighted by atomic mass is 35.5. The van der Waals surface area contributed by atoms with Crippen molar-refractivity contribution in [1.29, 1.82) is 0 Å². The Morgan fingerprint density at radius 2 is 2.05 bits per heavy atom. The number of carboxylic acids is 1. The molecule has 0 atom stereocenters. The van der Waals surface area contributed by atoms with Gasteiger partial charge in [-0.2, -0.15) is 0 Å². The first-order valence-corrected chi connectivity index (χ1v) is 6.08. The molecule has 1 aromatic heterocycles. The Bertz CT molecular complexity index is 599. The van der Waals surface area contributed by atoms with E-state index in [0.717, 1.165) is 0 Å². The third-order valence-corrected chi connectivity index (χ3v) is 2.98. The second-order valence-corrected chi connectivity index (χ2v) is 4.51. The number of carbonyl (C=O) groups is 1. The summed E-state index contributed by atoms with van der Waals surface area (Å²) in [5.74, 6) is -0.479. The van der Waals surface area contributed by atoms with Gasteiger partial charge >= 0.3 is 5.97 Å². The summed E-state index contributed by atoms with van der Waals surface area (Å²) in [4.78, 5) is 14.7. The van der Waals surface area contributed by atoms with Crippen LogP contribution >= 0.6 is 23.2 Å². The van der Waals surface area contributed by atoms with Gasteiger partial charge in [0.25, 0.3) is 0 Å². The summed E-state index contributed by atoms with van der Waals surface area (Å²) in [5, 5.41) is 9.73. The molecule has 0 saturated carbocycles. The van der Waals surface area contributed by atoms with E-state index >= 15 is 0 Å². The van der Waals surface area contributed by atoms with Crippen molar-refractivity contribution in [2.45, 2.75) is 6.61 Å². The van der Waals surface area contributed by atoms with Gasteiger partial charge < -0.3 is 9.84 Å². The zero-order valence-electron chi connectivity index (χ0n) is 9.64. The van der Waals surface area contributed by atoms with Crippen LogP contribution in [0, 0.1) is 0 Å². The summed E-state index contributed by atoms with van der Waals surface area (Å²) < 4.78 is 5.46. The van der Waals surface area contributed by atoms with Crippen molar-refractivity contribution in [1.82, 2.24) is 4.98 Å². The number of pyridine rings is 1. The van der Waals surface area contributed by atoms with Gasteiger partial charge in [-0.1, -0.05) is 23.2 Å². The van der Waals surface area contributed by atoms with Crippen molar-refractivity contribution in [2.24, 2.45) is 0 Å². The first-order valence-electron chi connectivity index (χ1n) is 5.32. The molecule has 0 radical (unpaired) electrons. The number of aromatic nitrogens is 1. The van der Waals surface area contributed by atoms with E-state index in [-0.39, 0.29) is 12.2 Å². The average Bonchev–Trinajstić information content (AvgIpc) is 2.39. The molecule has 1 N–H and O–H groups in total. The number of aromatic carboxylic acids is 1. The van der Waals surface area contributed by atoms with E-state index < -0.39 is 5.97 Å². The number of hydrogen-bond donors (Lipinski definition) is 1. The fourth-order valence-electron chi connectivity index (χ4n) is 1.43. The molecule has 2 aromatic rings. The van der Waals surface area contributed by atoms with Crippen LogP contribution in [0.5, 0.6) is 5.75 Å². The fraction of sp³-hybridized carbons (Fsp3) is 0.0769. The highest BCUT2D eigenvalue weighted by Crippen LogP contribution is 2.20. The smallest absolute Gasteiger partial charge is 0.335 e. The summed E-state index contributed by atoms with van der Waals surface area (Å²) in [5.41, 5.74) is 0.758. The van der Waals surface area contributed by atoms with Crippen LogP contribution in [0.1, 0.15) is 15.9 Å². The largest absolute Gasteiger partial charge is 0.487 e. The first-order chi connectivity index (χ1) is 9.06. The molecule has 1 heterocycles. The maximum absolute atomic E-state index is 10.9. The molecule has 19 heavy (non-hydrogen) atoms. The van der Waals surface area contributed by atoms with Gasteiger partial charge in [-0.3, -0.25) is 0 Å². The molecule has 0 unspecified atom stereocenters. The quantitative estimate of drug-likeness (QED) is 0.875. The molecule has 4 nitrogen and oxygen atoms in total. The molecule has 0 aliphatic rings. The SMILES string of the molecule is O=C(O)c1ccc(Cl)c(COc2ccc(Cl)nc2)c1. The van der Waals surface area contributed by atoms with Crippen LogP contribution < -0.4 is 4.74 Å². The lowest BCUT2D eigenvalue weighted by molar-refractivity contribution is 0.0696. The maximum atomic E-state index is 10.9. The lowest BCUT2D eigenvalue weighted by Crippen LogP contribution is -2.01. The van der Waals surface area contributed by atoms with Crippen molar-refractivity contribution >= 4 is 29.2 Å². The second kappa shape index (κ2) is 5.91. The monoisotopic (exact) mass is 297 g/mol. The summed E-state index contributed by atoms with van der Waals surface area (Å²) >= 11 is 11.6. The van der Waals surface area contributed by atoms with E-state index in [0.29, 0.717) is 21.5 Å². The minimum atomic E-state index is -1.01. The van der Waals surface area contributed by atoms with Gasteiger partial charge in [0.2, 0.25) is 0 Å². The lowest BCUT2D eigenvalue weighted by atomic mass is 10.1. The van der Waals surface area contributed by atoms with Crippen LogP contribution in [0.25, 0.3) is 0 Å².